The smallest absolute Gasteiger partial charge is 0.286 e. The van der Waals surface area contributed by atoms with Crippen LogP contribution in [0.4, 0.5) is 10.8 Å². The Labute approximate surface area is 129 Å². The highest BCUT2D eigenvalue weighted by Gasteiger charge is 2.15. The minimum absolute atomic E-state index is 0.200. The predicted octanol–water partition coefficient (Wildman–Crippen LogP) is 2.91. The molecule has 0 unspecified atom stereocenters. The summed E-state index contributed by atoms with van der Waals surface area (Å²) in [6.45, 7) is 0. The summed E-state index contributed by atoms with van der Waals surface area (Å²) in [4.78, 5) is 11.9. The predicted molar refractivity (Wildman–Crippen MR) is 80.7 cm³/mol. The summed E-state index contributed by atoms with van der Waals surface area (Å²) in [5, 5.41) is 10.4. The normalized spacial score (nSPS) is 10.3. The van der Waals surface area contributed by atoms with Gasteiger partial charge in [0.05, 0.1) is 17.3 Å². The third kappa shape index (κ3) is 3.23. The number of carbonyl (C=O) groups excluding carboxylic acids is 1. The Hall–Kier alpha value is -1.19. The van der Waals surface area contributed by atoms with Gasteiger partial charge in [0, 0.05) is 10.5 Å². The van der Waals surface area contributed by atoms with Crippen molar-refractivity contribution in [2.24, 2.45) is 0 Å². The summed E-state index contributed by atoms with van der Waals surface area (Å²) in [5.74, 6) is 0.231. The van der Waals surface area contributed by atoms with E-state index in [4.69, 9.17) is 10.5 Å². The summed E-state index contributed by atoms with van der Waals surface area (Å²) < 4.78 is 6.66. The lowest BCUT2D eigenvalue weighted by Crippen LogP contribution is -2.12. The molecule has 1 heterocycles. The average molecular weight is 408 g/mol. The number of methoxy groups -OCH3 is 1. The van der Waals surface area contributed by atoms with Crippen LogP contribution in [0.15, 0.2) is 21.1 Å². The lowest BCUT2D eigenvalue weighted by molar-refractivity contribution is 0.102. The van der Waals surface area contributed by atoms with Crippen molar-refractivity contribution in [3.63, 3.8) is 0 Å². The van der Waals surface area contributed by atoms with Gasteiger partial charge in [-0.05, 0) is 37.9 Å². The van der Waals surface area contributed by atoms with Gasteiger partial charge in [-0.25, -0.2) is 0 Å². The van der Waals surface area contributed by atoms with E-state index in [0.29, 0.717) is 15.9 Å². The average Bonchev–Trinajstić information content (AvgIpc) is 2.79. The molecule has 0 aliphatic carbocycles. The maximum Gasteiger partial charge on any atom is 0.286 e. The molecule has 0 atom stereocenters. The number of carbonyl (C=O) groups is 1. The Morgan fingerprint density at radius 1 is 1.37 bits per heavy atom. The van der Waals surface area contributed by atoms with E-state index < -0.39 is 0 Å². The molecule has 1 aromatic carbocycles. The first-order chi connectivity index (χ1) is 9.01. The summed E-state index contributed by atoms with van der Waals surface area (Å²) in [7, 11) is 1.55. The van der Waals surface area contributed by atoms with Gasteiger partial charge in [-0.3, -0.25) is 4.79 Å². The maximum absolute atomic E-state index is 11.9. The zero-order chi connectivity index (χ0) is 14.0. The molecule has 0 fully saturated rings. The third-order valence-corrected chi connectivity index (χ3v) is 4.15. The molecule has 2 aromatic rings. The molecule has 100 valence electrons. The summed E-state index contributed by atoms with van der Waals surface area (Å²) >= 11 is 7.73. The molecule has 0 radical (unpaired) electrons. The van der Waals surface area contributed by atoms with Gasteiger partial charge in [-0.15, -0.1) is 10.2 Å². The van der Waals surface area contributed by atoms with Gasteiger partial charge in [0.1, 0.15) is 5.75 Å². The monoisotopic (exact) mass is 406 g/mol. The molecular formula is C10H8Br2N4O2S. The standard InChI is InChI=1S/C10H8Br2N4O2S/c1-18-7-3-6(4(11)2-5(7)12)14-8(17)9-15-16-10(13)19-9/h2-3H,1H3,(H2,13,16)(H,14,17). The second-order valence-corrected chi connectivity index (χ2v) is 6.08. The summed E-state index contributed by atoms with van der Waals surface area (Å²) in [6.07, 6.45) is 0. The number of aromatic nitrogens is 2. The molecule has 1 aromatic heterocycles. The van der Waals surface area contributed by atoms with E-state index in [1.54, 1.807) is 19.2 Å². The van der Waals surface area contributed by atoms with Crippen molar-refractivity contribution in [2.45, 2.75) is 0 Å². The number of nitrogen functional groups attached to an aromatic ring is 1. The number of anilines is 2. The van der Waals surface area contributed by atoms with Crippen molar-refractivity contribution in [3.05, 3.63) is 26.1 Å². The molecule has 2 rings (SSSR count). The van der Waals surface area contributed by atoms with Crippen LogP contribution in [0, 0.1) is 0 Å². The highest BCUT2D eigenvalue weighted by molar-refractivity contribution is 9.11. The SMILES string of the molecule is COc1cc(NC(=O)c2nnc(N)s2)c(Br)cc1Br. The van der Waals surface area contributed by atoms with Gasteiger partial charge in [0.2, 0.25) is 10.1 Å². The number of nitrogens with two attached hydrogens (primary N) is 1. The van der Waals surface area contributed by atoms with E-state index in [-0.39, 0.29) is 16.0 Å². The van der Waals surface area contributed by atoms with Crippen molar-refractivity contribution in [1.29, 1.82) is 0 Å². The number of nitrogens with one attached hydrogen (secondary N) is 1. The van der Waals surface area contributed by atoms with Gasteiger partial charge >= 0.3 is 0 Å². The first kappa shape index (κ1) is 14.2. The van der Waals surface area contributed by atoms with Crippen molar-refractivity contribution >= 4 is 59.9 Å². The van der Waals surface area contributed by atoms with Crippen LogP contribution >= 0.6 is 43.2 Å². The van der Waals surface area contributed by atoms with E-state index in [0.717, 1.165) is 15.8 Å². The molecule has 3 N–H and O–H groups in total. The molecule has 6 nitrogen and oxygen atoms in total. The molecule has 9 heteroatoms. The van der Waals surface area contributed by atoms with Crippen LogP contribution in [0.3, 0.4) is 0 Å². The largest absolute Gasteiger partial charge is 0.495 e. The van der Waals surface area contributed by atoms with Gasteiger partial charge in [-0.2, -0.15) is 0 Å². The second kappa shape index (κ2) is 5.85. The quantitative estimate of drug-likeness (QED) is 0.816. The second-order valence-electron chi connectivity index (χ2n) is 3.37. The third-order valence-electron chi connectivity index (χ3n) is 2.12. The number of hydrogen-bond acceptors (Lipinski definition) is 6. The Bertz CT molecular complexity index is 632. The number of amides is 1. The van der Waals surface area contributed by atoms with Crippen LogP contribution in [0.5, 0.6) is 5.75 Å². The Balaban J connectivity index is 2.26. The maximum atomic E-state index is 11.9. The van der Waals surface area contributed by atoms with Gasteiger partial charge in [-0.1, -0.05) is 11.3 Å². The molecule has 1 amide bonds. The summed E-state index contributed by atoms with van der Waals surface area (Å²) in [5.41, 5.74) is 6.00. The Morgan fingerprint density at radius 3 is 2.68 bits per heavy atom. The van der Waals surface area contributed by atoms with E-state index in [2.05, 4.69) is 47.4 Å². The molecule has 0 saturated heterocycles. The number of nitrogens with zero attached hydrogens (tertiary/aromatic N) is 2. The fourth-order valence-corrected chi connectivity index (χ4v) is 3.04. The highest BCUT2D eigenvalue weighted by Crippen LogP contribution is 2.34. The van der Waals surface area contributed by atoms with Crippen LogP contribution in [0.25, 0.3) is 0 Å². The number of hydrogen-bond donors (Lipinski definition) is 2. The van der Waals surface area contributed by atoms with Crippen LogP contribution in [-0.2, 0) is 0 Å². The van der Waals surface area contributed by atoms with Crippen LogP contribution < -0.4 is 15.8 Å². The lowest BCUT2D eigenvalue weighted by Gasteiger charge is -2.09. The highest BCUT2D eigenvalue weighted by atomic mass is 79.9. The zero-order valence-electron chi connectivity index (χ0n) is 9.61. The minimum Gasteiger partial charge on any atom is -0.495 e. The van der Waals surface area contributed by atoms with E-state index in [1.807, 2.05) is 0 Å². The van der Waals surface area contributed by atoms with Crippen LogP contribution in [0.1, 0.15) is 9.80 Å². The number of rotatable bonds is 3. The number of benzene rings is 1. The number of halogens is 2. The molecule has 0 aliphatic heterocycles. The molecule has 19 heavy (non-hydrogen) atoms. The fraction of sp³-hybridized carbons (Fsp3) is 0.100. The Morgan fingerprint density at radius 2 is 2.11 bits per heavy atom. The molecule has 0 bridgehead atoms. The zero-order valence-corrected chi connectivity index (χ0v) is 13.6. The topological polar surface area (TPSA) is 90.1 Å². The number of ether oxygens (including phenoxy) is 1. The van der Waals surface area contributed by atoms with Crippen LogP contribution in [0.2, 0.25) is 0 Å². The summed E-state index contributed by atoms with van der Waals surface area (Å²) in [6, 6.07) is 3.47. The molecule has 0 spiro atoms. The first-order valence-corrected chi connectivity index (χ1v) is 7.35. The van der Waals surface area contributed by atoms with Crippen LogP contribution in [-0.4, -0.2) is 23.2 Å². The molecule has 0 saturated carbocycles. The minimum atomic E-state index is -0.376. The first-order valence-electron chi connectivity index (χ1n) is 4.94. The Kier molecular flexibility index (Phi) is 4.38. The lowest BCUT2D eigenvalue weighted by atomic mass is 10.3. The van der Waals surface area contributed by atoms with Gasteiger partial charge < -0.3 is 15.8 Å². The van der Waals surface area contributed by atoms with E-state index in [1.165, 1.54) is 0 Å². The molecule has 0 aliphatic rings. The molecular weight excluding hydrogens is 400 g/mol. The fourth-order valence-electron chi connectivity index (χ4n) is 1.28. The van der Waals surface area contributed by atoms with Crippen molar-refractivity contribution in [3.8, 4) is 5.75 Å². The van der Waals surface area contributed by atoms with Crippen molar-refractivity contribution in [1.82, 2.24) is 10.2 Å². The van der Waals surface area contributed by atoms with Crippen molar-refractivity contribution in [2.75, 3.05) is 18.2 Å². The van der Waals surface area contributed by atoms with E-state index in [9.17, 15) is 4.79 Å². The van der Waals surface area contributed by atoms with E-state index >= 15 is 0 Å². The van der Waals surface area contributed by atoms with Gasteiger partial charge in [0.15, 0.2) is 0 Å². The van der Waals surface area contributed by atoms with Gasteiger partial charge in [0.25, 0.3) is 5.91 Å². The van der Waals surface area contributed by atoms with Crippen molar-refractivity contribution < 1.29 is 9.53 Å².